The molecule has 0 saturated heterocycles. The molecular formula is C20H19F3N4O4S2. The van der Waals surface area contributed by atoms with Crippen molar-refractivity contribution >= 4 is 45.7 Å². The smallest absolute Gasteiger partial charge is 0.465 e. The molecule has 0 aliphatic rings. The van der Waals surface area contributed by atoms with Crippen LogP contribution in [0.3, 0.4) is 0 Å². The van der Waals surface area contributed by atoms with Crippen LogP contribution in [0, 0.1) is 13.8 Å². The predicted octanol–water partition coefficient (Wildman–Crippen LogP) is 5.28. The molecule has 13 heteroatoms. The summed E-state index contributed by atoms with van der Waals surface area (Å²) in [5.41, 5.74) is 2.24. The van der Waals surface area contributed by atoms with Gasteiger partial charge in [-0.3, -0.25) is 4.79 Å². The summed E-state index contributed by atoms with van der Waals surface area (Å²) >= 11 is 2.38. The van der Waals surface area contributed by atoms with Gasteiger partial charge in [0.05, 0.1) is 23.6 Å². The maximum Gasteiger partial charge on any atom is 0.573 e. The van der Waals surface area contributed by atoms with Gasteiger partial charge in [0.25, 0.3) is 0 Å². The standard InChI is InChI=1S/C20H19F3N4O4S2/c1-9-14(17(29)30-4)10(2)24-15(9)16(28)11(3)32-19-27-26-18(33-19)25-12-5-7-13(8-6-12)31-20(21,22)23/h5-8,11,24H,1-4H3,(H,25,26). The van der Waals surface area contributed by atoms with E-state index in [2.05, 4.69) is 25.2 Å². The molecule has 2 N–H and O–H groups in total. The quantitative estimate of drug-likeness (QED) is 0.245. The van der Waals surface area contributed by atoms with E-state index in [0.717, 1.165) is 0 Å². The first-order chi connectivity index (χ1) is 15.5. The number of aromatic amines is 1. The van der Waals surface area contributed by atoms with Gasteiger partial charge in [-0.05, 0) is 50.6 Å². The number of H-pyrrole nitrogens is 1. The number of thioether (sulfide) groups is 1. The maximum absolute atomic E-state index is 12.9. The van der Waals surface area contributed by atoms with Crippen LogP contribution in [-0.4, -0.2) is 45.7 Å². The summed E-state index contributed by atoms with van der Waals surface area (Å²) in [7, 11) is 1.28. The highest BCUT2D eigenvalue weighted by Crippen LogP contribution is 2.33. The van der Waals surface area contributed by atoms with Crippen LogP contribution >= 0.6 is 23.1 Å². The molecule has 1 unspecified atom stereocenters. The van der Waals surface area contributed by atoms with Gasteiger partial charge in [-0.25, -0.2) is 4.79 Å². The molecule has 8 nitrogen and oxygen atoms in total. The van der Waals surface area contributed by atoms with E-state index in [1.165, 1.54) is 54.5 Å². The third-order valence-corrected chi connectivity index (χ3v) is 6.49. The van der Waals surface area contributed by atoms with Crippen LogP contribution in [0.5, 0.6) is 5.75 Å². The Morgan fingerprint density at radius 2 is 1.85 bits per heavy atom. The highest BCUT2D eigenvalue weighted by molar-refractivity contribution is 8.02. The predicted molar refractivity (Wildman–Crippen MR) is 118 cm³/mol. The number of hydrogen-bond acceptors (Lipinski definition) is 9. The number of Topliss-reactive ketones (excluding diaryl/α,β-unsaturated/α-hetero) is 1. The molecule has 2 heterocycles. The Kier molecular flexibility index (Phi) is 7.32. The number of benzene rings is 1. The van der Waals surface area contributed by atoms with Gasteiger partial charge in [-0.15, -0.1) is 23.4 Å². The van der Waals surface area contributed by atoms with E-state index in [1.54, 1.807) is 20.8 Å². The van der Waals surface area contributed by atoms with Crippen molar-refractivity contribution in [3.05, 3.63) is 46.8 Å². The first-order valence-corrected chi connectivity index (χ1v) is 11.1. The number of carbonyl (C=O) groups is 2. The lowest BCUT2D eigenvalue weighted by Gasteiger charge is -2.09. The zero-order valence-corrected chi connectivity index (χ0v) is 19.5. The lowest BCUT2D eigenvalue weighted by molar-refractivity contribution is -0.274. The van der Waals surface area contributed by atoms with Crippen LogP contribution in [0.2, 0.25) is 0 Å². The average Bonchev–Trinajstić information content (AvgIpc) is 3.30. The highest BCUT2D eigenvalue weighted by atomic mass is 32.2. The van der Waals surface area contributed by atoms with Gasteiger partial charge >= 0.3 is 12.3 Å². The second-order valence-corrected chi connectivity index (χ2v) is 9.38. The second-order valence-electron chi connectivity index (χ2n) is 6.81. The van der Waals surface area contributed by atoms with E-state index < -0.39 is 17.6 Å². The maximum atomic E-state index is 12.9. The Morgan fingerprint density at radius 3 is 2.45 bits per heavy atom. The number of nitrogens with one attached hydrogen (secondary N) is 2. The molecule has 0 radical (unpaired) electrons. The van der Waals surface area contributed by atoms with Crippen molar-refractivity contribution in [1.82, 2.24) is 15.2 Å². The molecule has 0 amide bonds. The number of halogens is 3. The van der Waals surface area contributed by atoms with E-state index >= 15 is 0 Å². The first-order valence-electron chi connectivity index (χ1n) is 9.43. The normalized spacial score (nSPS) is 12.3. The number of aryl methyl sites for hydroxylation is 1. The van der Waals surface area contributed by atoms with Crippen molar-refractivity contribution < 1.29 is 32.2 Å². The molecule has 0 fully saturated rings. The van der Waals surface area contributed by atoms with Gasteiger partial charge in [0.15, 0.2) is 10.1 Å². The Balaban J connectivity index is 1.64. The molecule has 33 heavy (non-hydrogen) atoms. The molecule has 0 spiro atoms. The number of anilines is 2. The molecule has 3 aromatic rings. The summed E-state index contributed by atoms with van der Waals surface area (Å²) in [4.78, 5) is 27.8. The van der Waals surface area contributed by atoms with Gasteiger partial charge in [0.1, 0.15) is 5.75 Å². The molecule has 0 saturated carbocycles. The average molecular weight is 501 g/mol. The summed E-state index contributed by atoms with van der Waals surface area (Å²) in [6, 6.07) is 5.18. The van der Waals surface area contributed by atoms with E-state index in [0.29, 0.717) is 37.7 Å². The van der Waals surface area contributed by atoms with E-state index in [1.807, 2.05) is 0 Å². The van der Waals surface area contributed by atoms with E-state index in [9.17, 15) is 22.8 Å². The lowest BCUT2D eigenvalue weighted by Crippen LogP contribution is -2.16. The first kappa shape index (κ1) is 24.6. The van der Waals surface area contributed by atoms with Crippen LogP contribution in [0.1, 0.15) is 39.0 Å². The van der Waals surface area contributed by atoms with Crippen LogP contribution < -0.4 is 10.1 Å². The number of aromatic nitrogens is 3. The Morgan fingerprint density at radius 1 is 1.18 bits per heavy atom. The van der Waals surface area contributed by atoms with Gasteiger partial charge < -0.3 is 19.8 Å². The molecule has 1 aromatic carbocycles. The fourth-order valence-electron chi connectivity index (χ4n) is 2.98. The number of hydrogen-bond donors (Lipinski definition) is 2. The lowest BCUT2D eigenvalue weighted by atomic mass is 10.1. The summed E-state index contributed by atoms with van der Waals surface area (Å²) in [5.74, 6) is -1.06. The number of carbonyl (C=O) groups excluding carboxylic acids is 2. The van der Waals surface area contributed by atoms with Crippen LogP contribution in [-0.2, 0) is 4.74 Å². The van der Waals surface area contributed by atoms with Gasteiger partial charge in [-0.2, -0.15) is 0 Å². The van der Waals surface area contributed by atoms with Gasteiger partial charge in [0, 0.05) is 11.4 Å². The number of esters is 1. The molecular weight excluding hydrogens is 481 g/mol. The number of rotatable bonds is 8. The van der Waals surface area contributed by atoms with Crippen molar-refractivity contribution in [3.63, 3.8) is 0 Å². The summed E-state index contributed by atoms with van der Waals surface area (Å²) in [6.07, 6.45) is -4.76. The summed E-state index contributed by atoms with van der Waals surface area (Å²) in [6.45, 7) is 5.09. The van der Waals surface area contributed by atoms with Gasteiger partial charge in [0.2, 0.25) is 5.13 Å². The third-order valence-electron chi connectivity index (χ3n) is 4.47. The fourth-order valence-corrected chi connectivity index (χ4v) is 4.96. The monoisotopic (exact) mass is 500 g/mol. The minimum Gasteiger partial charge on any atom is -0.465 e. The molecule has 0 bridgehead atoms. The number of methoxy groups -OCH3 is 1. The zero-order chi connectivity index (χ0) is 24.3. The van der Waals surface area contributed by atoms with Crippen molar-refractivity contribution in [2.45, 2.75) is 36.7 Å². The Hall–Kier alpha value is -3.06. The molecule has 176 valence electrons. The van der Waals surface area contributed by atoms with Crippen LogP contribution in [0.4, 0.5) is 24.0 Å². The zero-order valence-electron chi connectivity index (χ0n) is 17.9. The highest BCUT2D eigenvalue weighted by Gasteiger charge is 2.31. The number of ether oxygens (including phenoxy) is 2. The van der Waals surface area contributed by atoms with Crippen molar-refractivity contribution in [1.29, 1.82) is 0 Å². The van der Waals surface area contributed by atoms with Crippen molar-refractivity contribution in [2.75, 3.05) is 12.4 Å². The Bertz CT molecular complexity index is 1160. The van der Waals surface area contributed by atoms with E-state index in [4.69, 9.17) is 4.74 Å². The van der Waals surface area contributed by atoms with Crippen molar-refractivity contribution in [2.24, 2.45) is 0 Å². The largest absolute Gasteiger partial charge is 0.573 e. The molecule has 1 atom stereocenters. The third kappa shape index (κ3) is 6.05. The summed E-state index contributed by atoms with van der Waals surface area (Å²) < 4.78 is 45.9. The molecule has 2 aromatic heterocycles. The number of nitrogens with zero attached hydrogens (tertiary/aromatic N) is 2. The second kappa shape index (κ2) is 9.83. The molecule has 3 rings (SSSR count). The Labute approximate surface area is 194 Å². The SMILES string of the molecule is COC(=O)c1c(C)[nH]c(C(=O)C(C)Sc2nnc(Nc3ccc(OC(F)(F)F)cc3)s2)c1C. The van der Waals surface area contributed by atoms with E-state index in [-0.39, 0.29) is 11.5 Å². The van der Waals surface area contributed by atoms with Crippen LogP contribution in [0.25, 0.3) is 0 Å². The molecule has 0 aliphatic heterocycles. The van der Waals surface area contributed by atoms with Gasteiger partial charge in [-0.1, -0.05) is 23.1 Å². The summed E-state index contributed by atoms with van der Waals surface area (Å²) in [5, 5.41) is 10.9. The molecule has 0 aliphatic carbocycles. The number of alkyl halides is 3. The van der Waals surface area contributed by atoms with Crippen molar-refractivity contribution in [3.8, 4) is 5.75 Å². The fraction of sp³-hybridized carbons (Fsp3) is 0.300. The number of ketones is 1. The minimum absolute atomic E-state index is 0.208. The van der Waals surface area contributed by atoms with Crippen LogP contribution in [0.15, 0.2) is 28.6 Å². The minimum atomic E-state index is -4.76. The topological polar surface area (TPSA) is 106 Å².